The molecular formula is C10H9NO6S. The summed E-state index contributed by atoms with van der Waals surface area (Å²) in [5.41, 5.74) is -0.132. The van der Waals surface area contributed by atoms with Gasteiger partial charge >= 0.3 is 5.97 Å². The quantitative estimate of drug-likeness (QED) is 0.654. The van der Waals surface area contributed by atoms with Crippen molar-refractivity contribution >= 4 is 27.8 Å². The van der Waals surface area contributed by atoms with Gasteiger partial charge in [-0.3, -0.25) is 9.59 Å². The van der Waals surface area contributed by atoms with Crippen LogP contribution in [0.1, 0.15) is 0 Å². The first-order valence-electron chi connectivity index (χ1n) is 4.95. The van der Waals surface area contributed by atoms with Crippen LogP contribution in [0.4, 0.5) is 0 Å². The standard InChI is InChI=1S/C10H9NO6S/c1-18(16,17)11-8(12)6-3-2-5(10(14)15)4-7(6)9(11)13/h2-4,6-7H,1H3,(H,14,15). The maximum Gasteiger partial charge on any atom is 0.335 e. The molecule has 0 aromatic carbocycles. The highest BCUT2D eigenvalue weighted by molar-refractivity contribution is 7.89. The number of fused-ring (bicyclic) bond motifs is 1. The number of hydrogen-bond acceptors (Lipinski definition) is 5. The first-order valence-corrected chi connectivity index (χ1v) is 6.79. The van der Waals surface area contributed by atoms with Gasteiger partial charge < -0.3 is 5.11 Å². The van der Waals surface area contributed by atoms with Crippen LogP contribution in [0.25, 0.3) is 0 Å². The van der Waals surface area contributed by atoms with Gasteiger partial charge in [-0.05, 0) is 0 Å². The van der Waals surface area contributed by atoms with Crippen molar-refractivity contribution in [2.45, 2.75) is 0 Å². The lowest BCUT2D eigenvalue weighted by molar-refractivity contribution is -0.133. The lowest BCUT2D eigenvalue weighted by Gasteiger charge is -2.11. The van der Waals surface area contributed by atoms with E-state index in [-0.39, 0.29) is 9.88 Å². The van der Waals surface area contributed by atoms with Crippen LogP contribution in [0.3, 0.4) is 0 Å². The van der Waals surface area contributed by atoms with E-state index in [1.165, 1.54) is 12.2 Å². The Morgan fingerprint density at radius 3 is 2.33 bits per heavy atom. The summed E-state index contributed by atoms with van der Waals surface area (Å²) in [6.45, 7) is 0. The Kier molecular flexibility index (Phi) is 2.62. The van der Waals surface area contributed by atoms with Crippen LogP contribution in [0.15, 0.2) is 23.8 Å². The van der Waals surface area contributed by atoms with E-state index in [9.17, 15) is 22.8 Å². The monoisotopic (exact) mass is 271 g/mol. The zero-order valence-electron chi connectivity index (χ0n) is 9.23. The fraction of sp³-hybridized carbons (Fsp3) is 0.300. The minimum atomic E-state index is -3.97. The van der Waals surface area contributed by atoms with E-state index in [4.69, 9.17) is 5.11 Å². The van der Waals surface area contributed by atoms with Crippen molar-refractivity contribution in [3.8, 4) is 0 Å². The molecule has 96 valence electrons. The lowest BCUT2D eigenvalue weighted by atomic mass is 9.88. The number of aliphatic carboxylic acids is 1. The van der Waals surface area contributed by atoms with Crippen molar-refractivity contribution in [1.29, 1.82) is 0 Å². The van der Waals surface area contributed by atoms with Gasteiger partial charge in [0.05, 0.1) is 23.7 Å². The number of carbonyl (C=O) groups excluding carboxylic acids is 2. The highest BCUT2D eigenvalue weighted by atomic mass is 32.2. The minimum Gasteiger partial charge on any atom is -0.478 e. The Bertz CT molecular complexity index is 614. The summed E-state index contributed by atoms with van der Waals surface area (Å²) < 4.78 is 22.9. The van der Waals surface area contributed by atoms with Crippen LogP contribution in [0, 0.1) is 11.8 Å². The van der Waals surface area contributed by atoms with E-state index < -0.39 is 39.6 Å². The lowest BCUT2D eigenvalue weighted by Crippen LogP contribution is -2.36. The maximum absolute atomic E-state index is 11.8. The second-order valence-corrected chi connectivity index (χ2v) is 5.87. The van der Waals surface area contributed by atoms with E-state index in [1.807, 2.05) is 0 Å². The molecule has 18 heavy (non-hydrogen) atoms. The van der Waals surface area contributed by atoms with Gasteiger partial charge in [0.1, 0.15) is 0 Å². The molecule has 2 atom stereocenters. The normalized spacial score (nSPS) is 27.2. The van der Waals surface area contributed by atoms with Crippen molar-refractivity contribution in [3.63, 3.8) is 0 Å². The summed E-state index contributed by atoms with van der Waals surface area (Å²) >= 11 is 0. The molecule has 1 saturated heterocycles. The van der Waals surface area contributed by atoms with Gasteiger partial charge in [-0.15, -0.1) is 0 Å². The average Bonchev–Trinajstić information content (AvgIpc) is 2.50. The Morgan fingerprint density at radius 1 is 1.28 bits per heavy atom. The Hall–Kier alpha value is -1.96. The van der Waals surface area contributed by atoms with Crippen molar-refractivity contribution in [2.24, 2.45) is 11.8 Å². The van der Waals surface area contributed by atoms with Crippen LogP contribution < -0.4 is 0 Å². The zero-order chi connectivity index (χ0) is 13.7. The molecule has 0 aromatic rings. The molecule has 2 amide bonds. The van der Waals surface area contributed by atoms with Crippen molar-refractivity contribution in [1.82, 2.24) is 4.31 Å². The summed E-state index contributed by atoms with van der Waals surface area (Å²) in [7, 11) is -3.97. The molecule has 2 rings (SSSR count). The van der Waals surface area contributed by atoms with E-state index >= 15 is 0 Å². The second-order valence-electron chi connectivity index (χ2n) is 4.04. The van der Waals surface area contributed by atoms with Crippen LogP contribution in [0.2, 0.25) is 0 Å². The number of amides is 2. The molecular weight excluding hydrogens is 262 g/mol. The molecule has 1 fully saturated rings. The average molecular weight is 271 g/mol. The van der Waals surface area contributed by atoms with Crippen LogP contribution in [-0.4, -0.2) is 41.9 Å². The predicted molar refractivity (Wildman–Crippen MR) is 58.5 cm³/mol. The third kappa shape index (κ3) is 1.74. The van der Waals surface area contributed by atoms with Gasteiger partial charge in [-0.25, -0.2) is 13.2 Å². The number of sulfonamides is 1. The fourth-order valence-corrected chi connectivity index (χ4v) is 2.89. The van der Waals surface area contributed by atoms with Crippen molar-refractivity contribution in [2.75, 3.05) is 6.26 Å². The number of carbonyl (C=O) groups is 3. The van der Waals surface area contributed by atoms with E-state index in [0.29, 0.717) is 0 Å². The number of imide groups is 1. The Balaban J connectivity index is 2.46. The predicted octanol–water partition coefficient (Wildman–Crippen LogP) is -0.872. The molecule has 1 aliphatic heterocycles. The number of rotatable bonds is 2. The zero-order valence-corrected chi connectivity index (χ0v) is 10.0. The number of carboxylic acids is 1. The Morgan fingerprint density at radius 2 is 1.83 bits per heavy atom. The number of carboxylic acid groups (broad SMARTS) is 1. The summed E-state index contributed by atoms with van der Waals surface area (Å²) in [5.74, 6) is -4.97. The third-order valence-corrected chi connectivity index (χ3v) is 3.80. The van der Waals surface area contributed by atoms with Gasteiger partial charge in [0.2, 0.25) is 10.0 Å². The van der Waals surface area contributed by atoms with Crippen LogP contribution in [-0.2, 0) is 24.4 Å². The topological polar surface area (TPSA) is 109 Å². The fourth-order valence-electron chi connectivity index (χ4n) is 1.99. The van der Waals surface area contributed by atoms with Crippen LogP contribution in [0.5, 0.6) is 0 Å². The smallest absolute Gasteiger partial charge is 0.335 e. The number of hydrogen-bond donors (Lipinski definition) is 1. The van der Waals surface area contributed by atoms with Crippen molar-refractivity contribution in [3.05, 3.63) is 23.8 Å². The molecule has 0 bridgehead atoms. The highest BCUT2D eigenvalue weighted by Crippen LogP contribution is 2.34. The van der Waals surface area contributed by atoms with Crippen LogP contribution >= 0.6 is 0 Å². The minimum absolute atomic E-state index is 0.132. The molecule has 0 radical (unpaired) electrons. The van der Waals surface area contributed by atoms with Gasteiger partial charge in [0.15, 0.2) is 0 Å². The summed E-state index contributed by atoms with van der Waals surface area (Å²) in [5, 5.41) is 8.79. The summed E-state index contributed by atoms with van der Waals surface area (Å²) in [6.07, 6.45) is 4.31. The summed E-state index contributed by atoms with van der Waals surface area (Å²) in [4.78, 5) is 34.4. The first kappa shape index (κ1) is 12.5. The SMILES string of the molecule is CS(=O)(=O)N1C(=O)C2C=CC(C(=O)O)=CC2C1=O. The third-order valence-electron chi connectivity index (χ3n) is 2.78. The molecule has 0 saturated carbocycles. The molecule has 1 aliphatic carbocycles. The molecule has 1 N–H and O–H groups in total. The molecule has 2 aliphatic rings. The highest BCUT2D eigenvalue weighted by Gasteiger charge is 2.50. The molecule has 1 heterocycles. The van der Waals surface area contributed by atoms with Crippen molar-refractivity contribution < 1.29 is 27.9 Å². The molecule has 2 unspecified atom stereocenters. The molecule has 7 nitrogen and oxygen atoms in total. The molecule has 0 aromatic heterocycles. The van der Waals surface area contributed by atoms with Gasteiger partial charge in [0.25, 0.3) is 11.8 Å². The van der Waals surface area contributed by atoms with Gasteiger partial charge in [-0.1, -0.05) is 18.2 Å². The summed E-state index contributed by atoms with van der Waals surface area (Å²) in [6, 6.07) is 0. The van der Waals surface area contributed by atoms with Gasteiger partial charge in [0, 0.05) is 0 Å². The van der Waals surface area contributed by atoms with E-state index in [1.54, 1.807) is 0 Å². The van der Waals surface area contributed by atoms with E-state index in [0.717, 1.165) is 12.3 Å². The van der Waals surface area contributed by atoms with E-state index in [2.05, 4.69) is 0 Å². The number of nitrogens with zero attached hydrogens (tertiary/aromatic N) is 1. The molecule has 0 spiro atoms. The first-order chi connectivity index (χ1) is 8.23. The van der Waals surface area contributed by atoms with Gasteiger partial charge in [-0.2, -0.15) is 4.31 Å². The second kappa shape index (κ2) is 3.77. The molecule has 8 heteroatoms. The maximum atomic E-state index is 11.8. The Labute approximate surface area is 102 Å². The largest absolute Gasteiger partial charge is 0.478 e.